The molecule has 1 amide bonds. The molecular formula is C12H12ClN5O3S2. The van der Waals surface area contributed by atoms with Gasteiger partial charge in [0, 0.05) is 17.6 Å². The highest BCUT2D eigenvalue weighted by molar-refractivity contribution is 8.01. The molecule has 11 heteroatoms. The zero-order valence-electron chi connectivity index (χ0n) is 11.9. The van der Waals surface area contributed by atoms with Crippen LogP contribution in [0.4, 0.5) is 16.5 Å². The number of nitro benzene ring substituents is 1. The van der Waals surface area contributed by atoms with Crippen molar-refractivity contribution in [3.05, 3.63) is 33.3 Å². The van der Waals surface area contributed by atoms with Crippen molar-refractivity contribution in [3.63, 3.8) is 0 Å². The van der Waals surface area contributed by atoms with Crippen LogP contribution in [-0.4, -0.2) is 33.3 Å². The Morgan fingerprint density at radius 1 is 1.48 bits per heavy atom. The van der Waals surface area contributed by atoms with E-state index in [0.29, 0.717) is 14.5 Å². The number of nitrogens with one attached hydrogen (secondary N) is 2. The molecule has 0 saturated carbocycles. The Labute approximate surface area is 144 Å². The molecule has 23 heavy (non-hydrogen) atoms. The number of amides is 1. The Morgan fingerprint density at radius 2 is 2.26 bits per heavy atom. The molecule has 0 saturated heterocycles. The van der Waals surface area contributed by atoms with Gasteiger partial charge in [-0.05, 0) is 19.1 Å². The molecule has 0 radical (unpaired) electrons. The van der Waals surface area contributed by atoms with Gasteiger partial charge in [-0.15, -0.1) is 10.2 Å². The molecule has 0 fully saturated rings. The minimum atomic E-state index is -0.577. The molecule has 1 aromatic carbocycles. The summed E-state index contributed by atoms with van der Waals surface area (Å²) >= 11 is 8.35. The minimum Gasteiger partial charge on any atom is -0.360 e. The van der Waals surface area contributed by atoms with E-state index < -0.39 is 4.92 Å². The number of aromatic nitrogens is 2. The molecule has 0 aliphatic carbocycles. The van der Waals surface area contributed by atoms with Gasteiger partial charge < -0.3 is 10.6 Å². The second-order valence-electron chi connectivity index (χ2n) is 4.16. The normalized spacial score (nSPS) is 10.3. The van der Waals surface area contributed by atoms with Crippen LogP contribution in [-0.2, 0) is 4.79 Å². The Hall–Kier alpha value is -1.91. The van der Waals surface area contributed by atoms with Crippen molar-refractivity contribution in [2.24, 2.45) is 0 Å². The standard InChI is InChI=1S/C12H12ClN5O3S2/c1-2-14-11-16-17-12(23-11)22-6-10(19)15-8-5-7(13)3-4-9(8)18(20)21/h3-5H,2,6H2,1H3,(H,14,16)(H,15,19). The van der Waals surface area contributed by atoms with Crippen LogP contribution >= 0.6 is 34.7 Å². The number of carbonyl (C=O) groups excluding carboxylic acids is 1. The lowest BCUT2D eigenvalue weighted by Crippen LogP contribution is -2.15. The number of nitro groups is 1. The number of nitrogens with zero attached hydrogens (tertiary/aromatic N) is 3. The van der Waals surface area contributed by atoms with E-state index in [1.807, 2.05) is 6.92 Å². The molecule has 0 aliphatic rings. The van der Waals surface area contributed by atoms with E-state index in [9.17, 15) is 14.9 Å². The molecule has 1 aromatic heterocycles. The van der Waals surface area contributed by atoms with Crippen LogP contribution in [0.15, 0.2) is 22.5 Å². The number of anilines is 2. The number of halogens is 1. The number of hydrogen-bond donors (Lipinski definition) is 2. The van der Waals surface area contributed by atoms with Gasteiger partial charge in [0.1, 0.15) is 5.69 Å². The maximum Gasteiger partial charge on any atom is 0.292 e. The van der Waals surface area contributed by atoms with Gasteiger partial charge in [-0.25, -0.2) is 0 Å². The van der Waals surface area contributed by atoms with Crippen molar-refractivity contribution in [2.45, 2.75) is 11.3 Å². The van der Waals surface area contributed by atoms with Gasteiger partial charge in [-0.2, -0.15) is 0 Å². The molecular weight excluding hydrogens is 362 g/mol. The van der Waals surface area contributed by atoms with Crippen molar-refractivity contribution in [2.75, 3.05) is 22.9 Å². The minimum absolute atomic E-state index is 0.0599. The zero-order chi connectivity index (χ0) is 16.8. The zero-order valence-corrected chi connectivity index (χ0v) is 14.3. The Balaban J connectivity index is 1.96. The van der Waals surface area contributed by atoms with Gasteiger partial charge >= 0.3 is 0 Å². The fourth-order valence-electron chi connectivity index (χ4n) is 1.57. The fraction of sp³-hybridized carbons (Fsp3) is 0.250. The molecule has 8 nitrogen and oxygen atoms in total. The highest BCUT2D eigenvalue weighted by Crippen LogP contribution is 2.29. The summed E-state index contributed by atoms with van der Waals surface area (Å²) in [6, 6.07) is 3.99. The first kappa shape index (κ1) is 17.4. The Kier molecular flexibility index (Phi) is 6.13. The number of benzene rings is 1. The molecule has 1 heterocycles. The molecule has 2 N–H and O–H groups in total. The Morgan fingerprint density at radius 3 is 2.96 bits per heavy atom. The highest BCUT2D eigenvalue weighted by Gasteiger charge is 2.16. The SMILES string of the molecule is CCNc1nnc(SCC(=O)Nc2cc(Cl)ccc2[N+](=O)[O-])s1. The summed E-state index contributed by atoms with van der Waals surface area (Å²) in [5, 5.41) is 25.3. The number of rotatable bonds is 7. The number of hydrogen-bond acceptors (Lipinski definition) is 8. The molecule has 0 bridgehead atoms. The van der Waals surface area contributed by atoms with E-state index in [2.05, 4.69) is 20.8 Å². The van der Waals surface area contributed by atoms with Gasteiger partial charge in [0.15, 0.2) is 4.34 Å². The third-order valence-electron chi connectivity index (χ3n) is 2.49. The predicted molar refractivity (Wildman–Crippen MR) is 91.5 cm³/mol. The second kappa shape index (κ2) is 8.09. The van der Waals surface area contributed by atoms with E-state index >= 15 is 0 Å². The summed E-state index contributed by atoms with van der Waals surface area (Å²) in [7, 11) is 0. The highest BCUT2D eigenvalue weighted by atomic mass is 35.5. The topological polar surface area (TPSA) is 110 Å². The first-order valence-electron chi connectivity index (χ1n) is 6.43. The molecule has 2 rings (SSSR count). The quantitative estimate of drug-likeness (QED) is 0.435. The summed E-state index contributed by atoms with van der Waals surface area (Å²) in [5.41, 5.74) is -0.142. The average molecular weight is 374 g/mol. The molecule has 0 aliphatic heterocycles. The van der Waals surface area contributed by atoms with Crippen LogP contribution in [0.2, 0.25) is 5.02 Å². The third-order valence-corrected chi connectivity index (χ3v) is 4.74. The van der Waals surface area contributed by atoms with Gasteiger partial charge in [-0.3, -0.25) is 14.9 Å². The lowest BCUT2D eigenvalue weighted by atomic mass is 10.2. The summed E-state index contributed by atoms with van der Waals surface area (Å²) in [5.74, 6) is -0.328. The first-order valence-corrected chi connectivity index (χ1v) is 8.61. The molecule has 0 unspecified atom stereocenters. The van der Waals surface area contributed by atoms with Crippen molar-refractivity contribution in [1.82, 2.24) is 10.2 Å². The number of carbonyl (C=O) groups is 1. The van der Waals surface area contributed by atoms with E-state index in [1.165, 1.54) is 41.3 Å². The van der Waals surface area contributed by atoms with Crippen LogP contribution in [0.1, 0.15) is 6.92 Å². The van der Waals surface area contributed by atoms with E-state index in [0.717, 1.165) is 6.54 Å². The maximum atomic E-state index is 11.9. The van der Waals surface area contributed by atoms with Crippen LogP contribution in [0.3, 0.4) is 0 Å². The average Bonchev–Trinajstić information content (AvgIpc) is 2.93. The van der Waals surface area contributed by atoms with Crippen LogP contribution in [0.25, 0.3) is 0 Å². The summed E-state index contributed by atoms with van der Waals surface area (Å²) in [4.78, 5) is 22.3. The third kappa shape index (κ3) is 5.05. The lowest BCUT2D eigenvalue weighted by Gasteiger charge is -2.05. The fourth-order valence-corrected chi connectivity index (χ4v) is 3.36. The van der Waals surface area contributed by atoms with Crippen LogP contribution in [0.5, 0.6) is 0 Å². The molecule has 2 aromatic rings. The van der Waals surface area contributed by atoms with Crippen LogP contribution in [0, 0.1) is 10.1 Å². The van der Waals surface area contributed by atoms with E-state index in [-0.39, 0.29) is 23.0 Å². The largest absolute Gasteiger partial charge is 0.360 e. The summed E-state index contributed by atoms with van der Waals surface area (Å²) in [6.07, 6.45) is 0. The van der Waals surface area contributed by atoms with Crippen molar-refractivity contribution in [1.29, 1.82) is 0 Å². The predicted octanol–water partition coefficient (Wildman–Crippen LogP) is 3.26. The van der Waals surface area contributed by atoms with E-state index in [1.54, 1.807) is 0 Å². The Bertz CT molecular complexity index is 724. The van der Waals surface area contributed by atoms with Gasteiger partial charge in [0.2, 0.25) is 11.0 Å². The molecule has 0 atom stereocenters. The smallest absolute Gasteiger partial charge is 0.292 e. The maximum absolute atomic E-state index is 11.9. The second-order valence-corrected chi connectivity index (χ2v) is 6.80. The van der Waals surface area contributed by atoms with Gasteiger partial charge in [0.25, 0.3) is 5.69 Å². The molecule has 0 spiro atoms. The van der Waals surface area contributed by atoms with Crippen molar-refractivity contribution < 1.29 is 9.72 Å². The van der Waals surface area contributed by atoms with Crippen molar-refractivity contribution in [3.8, 4) is 0 Å². The number of thioether (sulfide) groups is 1. The van der Waals surface area contributed by atoms with Crippen LogP contribution < -0.4 is 10.6 Å². The summed E-state index contributed by atoms with van der Waals surface area (Å²) < 4.78 is 0.636. The molecule has 122 valence electrons. The van der Waals surface area contributed by atoms with Gasteiger partial charge in [0.05, 0.1) is 10.7 Å². The first-order chi connectivity index (χ1) is 11.0. The monoisotopic (exact) mass is 373 g/mol. The van der Waals surface area contributed by atoms with Crippen molar-refractivity contribution >= 4 is 57.1 Å². The lowest BCUT2D eigenvalue weighted by molar-refractivity contribution is -0.383. The van der Waals surface area contributed by atoms with E-state index in [4.69, 9.17) is 11.6 Å². The van der Waals surface area contributed by atoms with Gasteiger partial charge in [-0.1, -0.05) is 34.7 Å². The summed E-state index contributed by atoms with van der Waals surface area (Å²) in [6.45, 7) is 2.68.